The summed E-state index contributed by atoms with van der Waals surface area (Å²) in [5.74, 6) is 0.271. The molecule has 0 aliphatic heterocycles. The van der Waals surface area contributed by atoms with Crippen LogP contribution in [0.1, 0.15) is 56.5 Å². The number of aromatic nitrogens is 4. The Bertz CT molecular complexity index is 1150. The van der Waals surface area contributed by atoms with Crippen LogP contribution in [0.15, 0.2) is 36.5 Å². The Labute approximate surface area is 177 Å². The van der Waals surface area contributed by atoms with Crippen molar-refractivity contribution in [3.63, 3.8) is 0 Å². The van der Waals surface area contributed by atoms with Crippen molar-refractivity contribution < 1.29 is 13.2 Å². The van der Waals surface area contributed by atoms with Crippen molar-refractivity contribution in [2.24, 2.45) is 5.41 Å². The molecule has 2 aliphatic carbocycles. The minimum Gasteiger partial charge on any atom is -0.228 e. The summed E-state index contributed by atoms with van der Waals surface area (Å²) in [6.07, 6.45) is -1.36. The van der Waals surface area contributed by atoms with Gasteiger partial charge < -0.3 is 0 Å². The lowest BCUT2D eigenvalue weighted by atomic mass is 9.70. The van der Waals surface area contributed by atoms with Crippen LogP contribution in [0.5, 0.6) is 0 Å². The van der Waals surface area contributed by atoms with Gasteiger partial charge in [0.15, 0.2) is 5.69 Å². The Kier molecular flexibility index (Phi) is 3.95. The molecule has 1 fully saturated rings. The van der Waals surface area contributed by atoms with E-state index in [0.29, 0.717) is 5.02 Å². The molecule has 0 amide bonds. The molecule has 1 aromatic carbocycles. The zero-order chi connectivity index (χ0) is 21.5. The monoisotopic (exact) mass is 432 g/mol. The van der Waals surface area contributed by atoms with Crippen molar-refractivity contribution in [2.75, 3.05) is 0 Å². The largest absolute Gasteiger partial charge is 0.434 e. The lowest BCUT2D eigenvalue weighted by Gasteiger charge is -2.33. The third-order valence-electron chi connectivity index (χ3n) is 7.33. The lowest BCUT2D eigenvalue weighted by Crippen LogP contribution is -2.32. The van der Waals surface area contributed by atoms with Gasteiger partial charge in [-0.2, -0.15) is 28.5 Å². The number of hydrogen-bond donors (Lipinski definition) is 0. The van der Waals surface area contributed by atoms with E-state index in [-0.39, 0.29) is 33.7 Å². The van der Waals surface area contributed by atoms with Gasteiger partial charge in [-0.15, -0.1) is 0 Å². The van der Waals surface area contributed by atoms with Crippen molar-refractivity contribution in [1.29, 1.82) is 0 Å². The van der Waals surface area contributed by atoms with E-state index in [1.165, 1.54) is 30.5 Å². The quantitative estimate of drug-likeness (QED) is 0.486. The second-order valence-electron chi connectivity index (χ2n) is 8.97. The molecule has 156 valence electrons. The minimum atomic E-state index is -4.61. The van der Waals surface area contributed by atoms with Crippen LogP contribution in [-0.2, 0) is 11.6 Å². The summed E-state index contributed by atoms with van der Waals surface area (Å²) in [5.41, 5.74) is 1.39. The summed E-state index contributed by atoms with van der Waals surface area (Å²) < 4.78 is 43.1. The second-order valence-corrected chi connectivity index (χ2v) is 9.41. The fourth-order valence-electron chi connectivity index (χ4n) is 5.29. The maximum atomic E-state index is 14.1. The summed E-state index contributed by atoms with van der Waals surface area (Å²) in [6, 6.07) is 7.87. The van der Waals surface area contributed by atoms with Gasteiger partial charge in [-0.1, -0.05) is 32.4 Å². The van der Waals surface area contributed by atoms with Crippen molar-refractivity contribution in [3.8, 4) is 16.9 Å². The highest BCUT2D eigenvalue weighted by molar-refractivity contribution is 6.30. The molecular formula is C22H20ClF3N4. The zero-order valence-corrected chi connectivity index (χ0v) is 17.5. The molecule has 2 heterocycles. The maximum absolute atomic E-state index is 14.1. The topological polar surface area (TPSA) is 43.6 Å². The molecule has 1 saturated carbocycles. The number of hydrogen-bond acceptors (Lipinski definition) is 3. The average Bonchev–Trinajstić information content (AvgIpc) is 3.27. The van der Waals surface area contributed by atoms with Crippen LogP contribution < -0.4 is 0 Å². The van der Waals surface area contributed by atoms with Crippen molar-refractivity contribution >= 4 is 11.6 Å². The third kappa shape index (κ3) is 2.51. The van der Waals surface area contributed by atoms with Gasteiger partial charge in [-0.3, -0.25) is 0 Å². The van der Waals surface area contributed by atoms with E-state index in [9.17, 15) is 13.2 Å². The van der Waals surface area contributed by atoms with Crippen LogP contribution in [0, 0.1) is 5.41 Å². The molecule has 0 radical (unpaired) electrons. The first-order valence-electron chi connectivity index (χ1n) is 9.84. The average molecular weight is 433 g/mol. The number of alkyl halides is 3. The lowest BCUT2D eigenvalue weighted by molar-refractivity contribution is -0.142. The molecular weight excluding hydrogens is 413 g/mol. The van der Waals surface area contributed by atoms with Gasteiger partial charge in [-0.25, -0.2) is 4.68 Å². The molecule has 30 heavy (non-hydrogen) atoms. The van der Waals surface area contributed by atoms with Gasteiger partial charge in [0.05, 0.1) is 28.8 Å². The molecule has 0 saturated heterocycles. The first-order chi connectivity index (χ1) is 14.0. The minimum absolute atomic E-state index is 0.00296. The molecule has 0 N–H and O–H groups in total. The van der Waals surface area contributed by atoms with Crippen molar-refractivity contribution in [1.82, 2.24) is 20.0 Å². The predicted octanol–water partition coefficient (Wildman–Crippen LogP) is 6.18. The Hall–Kier alpha value is -2.41. The van der Waals surface area contributed by atoms with Gasteiger partial charge in [0.2, 0.25) is 0 Å². The molecule has 8 heteroatoms. The normalized spacial score (nSPS) is 24.3. The van der Waals surface area contributed by atoms with Crippen molar-refractivity contribution in [2.45, 2.75) is 51.1 Å². The highest BCUT2D eigenvalue weighted by Gasteiger charge is 2.60. The Morgan fingerprint density at radius 3 is 2.47 bits per heavy atom. The van der Waals surface area contributed by atoms with E-state index < -0.39 is 11.9 Å². The van der Waals surface area contributed by atoms with Gasteiger partial charge in [0.25, 0.3) is 0 Å². The van der Waals surface area contributed by atoms with E-state index in [1.807, 2.05) is 0 Å². The molecule has 2 atom stereocenters. The Balaban J connectivity index is 1.67. The van der Waals surface area contributed by atoms with Crippen LogP contribution in [0.25, 0.3) is 16.9 Å². The third-order valence-corrected chi connectivity index (χ3v) is 7.58. The van der Waals surface area contributed by atoms with Crippen molar-refractivity contribution in [3.05, 3.63) is 58.5 Å². The van der Waals surface area contributed by atoms with E-state index in [1.54, 1.807) is 6.07 Å². The van der Waals surface area contributed by atoms with E-state index in [4.69, 9.17) is 11.6 Å². The zero-order valence-electron chi connectivity index (χ0n) is 16.8. The van der Waals surface area contributed by atoms with Crippen LogP contribution in [-0.4, -0.2) is 20.0 Å². The fourth-order valence-corrected chi connectivity index (χ4v) is 5.41. The Morgan fingerprint density at radius 2 is 1.80 bits per heavy atom. The maximum Gasteiger partial charge on any atom is 0.434 e. The molecule has 4 nitrogen and oxygen atoms in total. The van der Waals surface area contributed by atoms with Gasteiger partial charge in [-0.05, 0) is 60.1 Å². The van der Waals surface area contributed by atoms with Crippen LogP contribution in [0.3, 0.4) is 0 Å². The number of benzene rings is 1. The number of fused-ring (bicyclic) bond motifs is 5. The summed E-state index contributed by atoms with van der Waals surface area (Å²) >= 11 is 5.88. The van der Waals surface area contributed by atoms with E-state index in [0.717, 1.165) is 28.8 Å². The summed E-state index contributed by atoms with van der Waals surface area (Å²) in [7, 11) is 0. The summed E-state index contributed by atoms with van der Waals surface area (Å²) in [5, 5.41) is 13.1. The summed E-state index contributed by atoms with van der Waals surface area (Å²) in [4.78, 5) is 0. The van der Waals surface area contributed by atoms with Gasteiger partial charge in [0, 0.05) is 10.4 Å². The molecule has 2 aliphatic rings. The standard InChI is InChI=1S/C22H20ClF3N4/c1-20(2)16-8-9-21(20,3)18-14(16)10-17(28-29-18)15-11-27-30(19(15)22(24,25)26)13-6-4-12(23)5-7-13/h4-7,10-11,16H,8-9H2,1-3H3/t16-,21+/m1/s1. The molecule has 2 bridgehead atoms. The molecule has 0 spiro atoms. The van der Waals surface area contributed by atoms with Crippen LogP contribution >= 0.6 is 11.6 Å². The highest BCUT2D eigenvalue weighted by Crippen LogP contribution is 2.67. The first kappa shape index (κ1) is 19.5. The van der Waals surface area contributed by atoms with E-state index >= 15 is 0 Å². The predicted molar refractivity (Wildman–Crippen MR) is 108 cm³/mol. The molecule has 3 aromatic rings. The first-order valence-corrected chi connectivity index (χ1v) is 10.2. The van der Waals surface area contributed by atoms with Gasteiger partial charge in [0.1, 0.15) is 0 Å². The summed E-state index contributed by atoms with van der Waals surface area (Å²) in [6.45, 7) is 6.62. The van der Waals surface area contributed by atoms with Gasteiger partial charge >= 0.3 is 6.18 Å². The number of nitrogens with zero attached hydrogens (tertiary/aromatic N) is 4. The Morgan fingerprint density at radius 1 is 1.10 bits per heavy atom. The fraction of sp³-hybridized carbons (Fsp3) is 0.409. The smallest absolute Gasteiger partial charge is 0.228 e. The second kappa shape index (κ2) is 6.06. The van der Waals surface area contributed by atoms with E-state index in [2.05, 4.69) is 36.1 Å². The van der Waals surface area contributed by atoms with Crippen LogP contribution in [0.2, 0.25) is 5.02 Å². The molecule has 5 rings (SSSR count). The van der Waals surface area contributed by atoms with Crippen LogP contribution in [0.4, 0.5) is 13.2 Å². The molecule has 2 aromatic heterocycles. The molecule has 0 unspecified atom stereocenters. The number of halogens is 4. The number of rotatable bonds is 2. The highest BCUT2D eigenvalue weighted by atomic mass is 35.5. The SMILES string of the molecule is CC1(C)[C@@H]2CC[C@@]1(C)c1nnc(-c3cnn(-c4ccc(Cl)cc4)c3C(F)(F)F)cc12.